The zero-order valence-electron chi connectivity index (χ0n) is 8.75. The van der Waals surface area contributed by atoms with Crippen LogP contribution in [0.1, 0.15) is 6.92 Å². The van der Waals surface area contributed by atoms with Gasteiger partial charge in [0, 0.05) is 11.8 Å². The third-order valence-electron chi connectivity index (χ3n) is 2.10. The molecule has 2 rings (SSSR count). The predicted octanol–water partition coefficient (Wildman–Crippen LogP) is 2.03. The summed E-state index contributed by atoms with van der Waals surface area (Å²) >= 11 is 1.25. The summed E-state index contributed by atoms with van der Waals surface area (Å²) in [5.41, 5.74) is 0.699. The van der Waals surface area contributed by atoms with E-state index in [0.29, 0.717) is 9.96 Å². The third kappa shape index (κ3) is 2.15. The van der Waals surface area contributed by atoms with Gasteiger partial charge >= 0.3 is 0 Å². The second kappa shape index (κ2) is 4.76. The van der Waals surface area contributed by atoms with Gasteiger partial charge in [0.05, 0.1) is 16.5 Å². The molecule has 0 radical (unpaired) electrons. The fourth-order valence-electron chi connectivity index (χ4n) is 1.31. The van der Waals surface area contributed by atoms with E-state index in [9.17, 15) is 9.00 Å². The molecule has 2 aromatic rings. The van der Waals surface area contributed by atoms with E-state index in [2.05, 4.69) is 0 Å². The Bertz CT molecular complexity index is 557. The molecule has 1 aromatic carbocycles. The molecule has 1 heterocycles. The highest BCUT2D eigenvalue weighted by molar-refractivity contribution is 7.87. The maximum Gasteiger partial charge on any atom is 0.266 e. The summed E-state index contributed by atoms with van der Waals surface area (Å²) in [5.74, 6) is 0.536. The molecule has 1 unspecified atom stereocenters. The fourth-order valence-corrected chi connectivity index (χ4v) is 3.44. The molecule has 0 saturated carbocycles. The maximum absolute atomic E-state index is 11.7. The van der Waals surface area contributed by atoms with E-state index in [1.807, 2.05) is 37.3 Å². The zero-order valence-corrected chi connectivity index (χ0v) is 10.4. The summed E-state index contributed by atoms with van der Waals surface area (Å²) in [6.07, 6.45) is 0. The van der Waals surface area contributed by atoms with Crippen LogP contribution in [0.3, 0.4) is 0 Å². The van der Waals surface area contributed by atoms with Crippen molar-refractivity contribution in [3.8, 4) is 5.69 Å². The van der Waals surface area contributed by atoms with Gasteiger partial charge in [-0.1, -0.05) is 25.1 Å². The molecule has 16 heavy (non-hydrogen) atoms. The van der Waals surface area contributed by atoms with E-state index in [1.54, 1.807) is 3.96 Å². The first kappa shape index (κ1) is 11.3. The standard InChI is InChI=1S/C11H11NO2S2/c1-2-16(14)11-8-10(13)12(15-11)9-6-4-3-5-7-9/h3-8H,2H2,1H3. The normalized spacial score (nSPS) is 12.6. The average molecular weight is 253 g/mol. The molecule has 0 aliphatic heterocycles. The van der Waals surface area contributed by atoms with E-state index >= 15 is 0 Å². The Kier molecular flexibility index (Phi) is 3.36. The zero-order chi connectivity index (χ0) is 11.5. The average Bonchev–Trinajstić information content (AvgIpc) is 2.71. The van der Waals surface area contributed by atoms with Gasteiger partial charge in [0.15, 0.2) is 0 Å². The minimum Gasteiger partial charge on any atom is -0.268 e. The molecule has 0 bridgehead atoms. The van der Waals surface area contributed by atoms with Gasteiger partial charge in [0.25, 0.3) is 5.56 Å². The number of hydrogen-bond acceptors (Lipinski definition) is 3. The number of para-hydroxylation sites is 1. The summed E-state index contributed by atoms with van der Waals surface area (Å²) in [6, 6.07) is 10.8. The van der Waals surface area contributed by atoms with Gasteiger partial charge in [-0.2, -0.15) is 0 Å². The molecular weight excluding hydrogens is 242 g/mol. The highest BCUT2D eigenvalue weighted by Gasteiger charge is 2.09. The number of rotatable bonds is 3. The van der Waals surface area contributed by atoms with Gasteiger partial charge in [-0.3, -0.25) is 9.00 Å². The molecule has 0 aliphatic carbocycles. The minimum atomic E-state index is -1.06. The van der Waals surface area contributed by atoms with Crippen molar-refractivity contribution in [2.75, 3.05) is 5.75 Å². The van der Waals surface area contributed by atoms with Crippen molar-refractivity contribution >= 4 is 22.3 Å². The van der Waals surface area contributed by atoms with Crippen molar-refractivity contribution in [1.82, 2.24) is 3.96 Å². The lowest BCUT2D eigenvalue weighted by molar-refractivity contribution is 0.685. The van der Waals surface area contributed by atoms with Gasteiger partial charge in [0.1, 0.15) is 4.21 Å². The molecular formula is C11H11NO2S2. The van der Waals surface area contributed by atoms with E-state index in [-0.39, 0.29) is 5.56 Å². The van der Waals surface area contributed by atoms with Crippen LogP contribution < -0.4 is 5.56 Å². The van der Waals surface area contributed by atoms with Crippen LogP contribution in [-0.2, 0) is 10.8 Å². The monoisotopic (exact) mass is 253 g/mol. The second-order valence-electron chi connectivity index (χ2n) is 3.16. The smallest absolute Gasteiger partial charge is 0.266 e. The summed E-state index contributed by atoms with van der Waals surface area (Å²) < 4.78 is 13.8. The minimum absolute atomic E-state index is 0.118. The Morgan fingerprint density at radius 1 is 1.31 bits per heavy atom. The topological polar surface area (TPSA) is 39.1 Å². The summed E-state index contributed by atoms with van der Waals surface area (Å²) in [7, 11) is -1.06. The lowest BCUT2D eigenvalue weighted by atomic mass is 10.3. The van der Waals surface area contributed by atoms with Crippen LogP contribution in [0.25, 0.3) is 5.69 Å². The lowest BCUT2D eigenvalue weighted by Crippen LogP contribution is -2.08. The summed E-state index contributed by atoms with van der Waals surface area (Å²) in [6.45, 7) is 1.84. The molecule has 1 aromatic heterocycles. The second-order valence-corrected chi connectivity index (χ2v) is 6.11. The highest BCUT2D eigenvalue weighted by atomic mass is 32.2. The van der Waals surface area contributed by atoms with Crippen LogP contribution in [0.2, 0.25) is 0 Å². The first-order valence-electron chi connectivity index (χ1n) is 4.89. The van der Waals surface area contributed by atoms with E-state index in [4.69, 9.17) is 0 Å². The van der Waals surface area contributed by atoms with Crippen LogP contribution in [0.4, 0.5) is 0 Å². The molecule has 0 N–H and O–H groups in total. The van der Waals surface area contributed by atoms with E-state index < -0.39 is 10.8 Å². The fraction of sp³-hybridized carbons (Fsp3) is 0.182. The molecule has 84 valence electrons. The van der Waals surface area contributed by atoms with Crippen LogP contribution >= 0.6 is 11.5 Å². The highest BCUT2D eigenvalue weighted by Crippen LogP contribution is 2.15. The van der Waals surface area contributed by atoms with Gasteiger partial charge in [-0.25, -0.2) is 3.96 Å². The quantitative estimate of drug-likeness (QED) is 0.839. The van der Waals surface area contributed by atoms with Crippen molar-refractivity contribution < 1.29 is 4.21 Å². The molecule has 1 atom stereocenters. The third-order valence-corrected chi connectivity index (χ3v) is 4.84. The Hall–Kier alpha value is -1.20. The van der Waals surface area contributed by atoms with Gasteiger partial charge in [-0.15, -0.1) is 0 Å². The molecule has 0 aliphatic rings. The molecule has 0 spiro atoms. The van der Waals surface area contributed by atoms with Crippen molar-refractivity contribution in [2.45, 2.75) is 11.1 Å². The molecule has 0 saturated heterocycles. The Morgan fingerprint density at radius 3 is 2.62 bits per heavy atom. The van der Waals surface area contributed by atoms with Crippen molar-refractivity contribution in [3.05, 3.63) is 46.8 Å². The number of nitrogens with zero attached hydrogens (tertiary/aromatic N) is 1. The molecule has 0 fully saturated rings. The predicted molar refractivity (Wildman–Crippen MR) is 66.9 cm³/mol. The number of hydrogen-bond donors (Lipinski definition) is 0. The van der Waals surface area contributed by atoms with E-state index in [0.717, 1.165) is 5.69 Å². The van der Waals surface area contributed by atoms with Crippen LogP contribution in [0.5, 0.6) is 0 Å². The summed E-state index contributed by atoms with van der Waals surface area (Å²) in [4.78, 5) is 11.7. The van der Waals surface area contributed by atoms with Crippen molar-refractivity contribution in [3.63, 3.8) is 0 Å². The molecule has 0 amide bonds. The Labute approximate surface area is 100.0 Å². The van der Waals surface area contributed by atoms with Gasteiger partial charge in [0.2, 0.25) is 0 Å². The van der Waals surface area contributed by atoms with Crippen LogP contribution in [0.15, 0.2) is 45.4 Å². The maximum atomic E-state index is 11.7. The van der Waals surface area contributed by atoms with E-state index in [1.165, 1.54) is 17.6 Å². The SMILES string of the molecule is CCS(=O)c1cc(=O)n(-c2ccccc2)s1. The Balaban J connectivity index is 2.48. The first-order chi connectivity index (χ1) is 7.72. The Morgan fingerprint density at radius 2 is 2.00 bits per heavy atom. The summed E-state index contributed by atoms with van der Waals surface area (Å²) in [5, 5.41) is 0. The lowest BCUT2D eigenvalue weighted by Gasteiger charge is -1.98. The molecule has 5 heteroatoms. The molecule has 3 nitrogen and oxygen atoms in total. The number of benzene rings is 1. The van der Waals surface area contributed by atoms with Gasteiger partial charge < -0.3 is 0 Å². The van der Waals surface area contributed by atoms with Crippen LogP contribution in [-0.4, -0.2) is 13.9 Å². The first-order valence-corrected chi connectivity index (χ1v) is 6.98. The largest absolute Gasteiger partial charge is 0.268 e. The van der Waals surface area contributed by atoms with Crippen LogP contribution in [0, 0.1) is 0 Å². The van der Waals surface area contributed by atoms with Crippen molar-refractivity contribution in [1.29, 1.82) is 0 Å². The number of aromatic nitrogens is 1. The van der Waals surface area contributed by atoms with Gasteiger partial charge in [-0.05, 0) is 23.7 Å². The van der Waals surface area contributed by atoms with Crippen molar-refractivity contribution in [2.24, 2.45) is 0 Å².